The molecule has 0 aliphatic heterocycles. The third-order valence-corrected chi connectivity index (χ3v) is 3.37. The van der Waals surface area contributed by atoms with Crippen LogP contribution in [0.2, 0.25) is 0 Å². The van der Waals surface area contributed by atoms with Gasteiger partial charge in [0, 0.05) is 12.5 Å². The van der Waals surface area contributed by atoms with Crippen LogP contribution in [0.3, 0.4) is 0 Å². The summed E-state index contributed by atoms with van der Waals surface area (Å²) in [6.07, 6.45) is -13.4. The SMILES string of the molecule is C=CC(=O)OCC(O)CCC(F)(F)C(F)(F)C(F)(F)C(F)(F)C(F)(F)C(F)(F)F. The van der Waals surface area contributed by atoms with Crippen LogP contribution in [0, 0.1) is 0 Å². The number of alkyl halides is 13. The van der Waals surface area contributed by atoms with Gasteiger partial charge in [-0.25, -0.2) is 4.79 Å². The van der Waals surface area contributed by atoms with Crippen molar-refractivity contribution in [3.8, 4) is 0 Å². The normalized spacial score (nSPS) is 15.8. The van der Waals surface area contributed by atoms with Crippen molar-refractivity contribution in [3.05, 3.63) is 12.7 Å². The molecule has 0 fully saturated rings. The first-order chi connectivity index (χ1) is 12.6. The number of ether oxygens (including phenoxy) is 1. The van der Waals surface area contributed by atoms with Crippen LogP contribution < -0.4 is 0 Å². The number of aliphatic hydroxyl groups excluding tert-OH is 1. The van der Waals surface area contributed by atoms with Gasteiger partial charge in [0.2, 0.25) is 0 Å². The predicted octanol–water partition coefficient (Wildman–Crippen LogP) is 4.60. The third kappa shape index (κ3) is 4.88. The number of carbonyl (C=O) groups excluding carboxylic acids is 1. The fourth-order valence-corrected chi connectivity index (χ4v) is 1.63. The molecule has 0 aromatic carbocycles. The highest BCUT2D eigenvalue weighted by atomic mass is 19.4. The van der Waals surface area contributed by atoms with E-state index in [1.807, 2.05) is 0 Å². The van der Waals surface area contributed by atoms with Gasteiger partial charge in [-0.2, -0.15) is 57.1 Å². The van der Waals surface area contributed by atoms with Crippen molar-refractivity contribution in [3.63, 3.8) is 0 Å². The van der Waals surface area contributed by atoms with E-state index in [4.69, 9.17) is 5.11 Å². The highest BCUT2D eigenvalue weighted by Crippen LogP contribution is 2.60. The molecule has 16 heteroatoms. The Morgan fingerprint density at radius 3 is 1.62 bits per heavy atom. The van der Waals surface area contributed by atoms with Crippen LogP contribution in [0.1, 0.15) is 12.8 Å². The molecule has 0 amide bonds. The first-order valence-corrected chi connectivity index (χ1v) is 7.03. The van der Waals surface area contributed by atoms with E-state index in [0.717, 1.165) is 0 Å². The molecular weight excluding hydrogens is 451 g/mol. The topological polar surface area (TPSA) is 46.5 Å². The van der Waals surface area contributed by atoms with Crippen molar-refractivity contribution in [2.45, 2.75) is 54.7 Å². The minimum absolute atomic E-state index is 0.513. The predicted molar refractivity (Wildman–Crippen MR) is 67.2 cm³/mol. The molecule has 0 heterocycles. The zero-order valence-corrected chi connectivity index (χ0v) is 13.7. The van der Waals surface area contributed by atoms with Crippen molar-refractivity contribution in [1.29, 1.82) is 0 Å². The van der Waals surface area contributed by atoms with Gasteiger partial charge < -0.3 is 9.84 Å². The zero-order chi connectivity index (χ0) is 23.7. The summed E-state index contributed by atoms with van der Waals surface area (Å²) in [5, 5.41) is 9.13. The Morgan fingerprint density at radius 2 is 1.24 bits per heavy atom. The van der Waals surface area contributed by atoms with Crippen molar-refractivity contribution < 1.29 is 71.7 Å². The summed E-state index contributed by atoms with van der Waals surface area (Å²) < 4.78 is 171. The molecule has 3 nitrogen and oxygen atoms in total. The summed E-state index contributed by atoms with van der Waals surface area (Å²) in [6.45, 7) is 1.71. The number of esters is 1. The van der Waals surface area contributed by atoms with E-state index in [0.29, 0.717) is 6.08 Å². The maximum atomic E-state index is 13.4. The Labute approximate surface area is 153 Å². The van der Waals surface area contributed by atoms with Crippen molar-refractivity contribution in [2.24, 2.45) is 0 Å². The standard InChI is InChI=1S/C13H11F13O3/c1-2-7(28)29-5-6(27)3-4-8(14,15)9(16,17)10(18,19)11(20,21)12(22,23)13(24,25)26/h2,6,27H,1,3-5H2. The number of rotatable bonds is 10. The lowest BCUT2D eigenvalue weighted by atomic mass is 9.91. The minimum atomic E-state index is -7.97. The molecule has 0 rings (SSSR count). The highest BCUT2D eigenvalue weighted by Gasteiger charge is 2.90. The molecule has 0 saturated carbocycles. The smallest absolute Gasteiger partial charge is 0.460 e. The number of hydrogen-bond acceptors (Lipinski definition) is 3. The first-order valence-electron chi connectivity index (χ1n) is 7.03. The van der Waals surface area contributed by atoms with Gasteiger partial charge in [0.25, 0.3) is 0 Å². The second-order valence-electron chi connectivity index (χ2n) is 5.53. The van der Waals surface area contributed by atoms with Crippen LogP contribution in [0.15, 0.2) is 12.7 Å². The Hall–Kier alpha value is -1.74. The van der Waals surface area contributed by atoms with Gasteiger partial charge in [-0.1, -0.05) is 6.58 Å². The van der Waals surface area contributed by atoms with Crippen molar-refractivity contribution >= 4 is 5.97 Å². The molecule has 0 aromatic heterocycles. The quantitative estimate of drug-likeness (QED) is 0.294. The minimum Gasteiger partial charge on any atom is -0.460 e. The largest absolute Gasteiger partial charge is 0.460 e. The number of halogens is 13. The van der Waals surface area contributed by atoms with Gasteiger partial charge in [-0.3, -0.25) is 0 Å². The second kappa shape index (κ2) is 8.18. The molecule has 172 valence electrons. The van der Waals surface area contributed by atoms with Gasteiger partial charge in [0.05, 0.1) is 6.10 Å². The van der Waals surface area contributed by atoms with Crippen LogP contribution in [-0.2, 0) is 9.53 Å². The zero-order valence-electron chi connectivity index (χ0n) is 13.7. The summed E-state index contributed by atoms with van der Waals surface area (Å²) in [4.78, 5) is 10.6. The van der Waals surface area contributed by atoms with E-state index >= 15 is 0 Å². The average molecular weight is 462 g/mol. The Kier molecular flexibility index (Phi) is 7.69. The number of carbonyl (C=O) groups is 1. The Morgan fingerprint density at radius 1 is 0.828 bits per heavy atom. The monoisotopic (exact) mass is 462 g/mol. The van der Waals surface area contributed by atoms with E-state index in [2.05, 4.69) is 11.3 Å². The van der Waals surface area contributed by atoms with E-state index in [1.165, 1.54) is 0 Å². The molecule has 0 aliphatic carbocycles. The van der Waals surface area contributed by atoms with Gasteiger partial charge >= 0.3 is 41.8 Å². The summed E-state index contributed by atoms with van der Waals surface area (Å²) >= 11 is 0. The molecule has 0 spiro atoms. The number of hydrogen-bond donors (Lipinski definition) is 1. The summed E-state index contributed by atoms with van der Waals surface area (Å²) in [6, 6.07) is 0. The third-order valence-electron chi connectivity index (χ3n) is 3.37. The molecular formula is C13H11F13O3. The molecule has 29 heavy (non-hydrogen) atoms. The van der Waals surface area contributed by atoms with Gasteiger partial charge in [0.1, 0.15) is 6.61 Å². The Balaban J connectivity index is 5.65. The van der Waals surface area contributed by atoms with Crippen LogP contribution in [-0.4, -0.2) is 59.6 Å². The molecule has 0 saturated heterocycles. The van der Waals surface area contributed by atoms with E-state index < -0.39 is 67.3 Å². The maximum Gasteiger partial charge on any atom is 0.460 e. The van der Waals surface area contributed by atoms with Gasteiger partial charge in [0.15, 0.2) is 0 Å². The molecule has 1 N–H and O–H groups in total. The molecule has 0 radical (unpaired) electrons. The van der Waals surface area contributed by atoms with Crippen LogP contribution in [0.5, 0.6) is 0 Å². The molecule has 1 atom stereocenters. The van der Waals surface area contributed by atoms with Crippen molar-refractivity contribution in [1.82, 2.24) is 0 Å². The van der Waals surface area contributed by atoms with E-state index in [-0.39, 0.29) is 0 Å². The summed E-state index contributed by atoms with van der Waals surface area (Å²) in [5.41, 5.74) is 0. The molecule has 0 aliphatic rings. The lowest BCUT2D eigenvalue weighted by Gasteiger charge is -2.39. The molecule has 0 aromatic rings. The highest BCUT2D eigenvalue weighted by molar-refractivity contribution is 5.81. The van der Waals surface area contributed by atoms with Crippen molar-refractivity contribution in [2.75, 3.05) is 6.61 Å². The lowest BCUT2D eigenvalue weighted by molar-refractivity contribution is -0.440. The van der Waals surface area contributed by atoms with E-state index in [1.54, 1.807) is 0 Å². The van der Waals surface area contributed by atoms with Gasteiger partial charge in [-0.05, 0) is 6.42 Å². The fraction of sp³-hybridized carbons (Fsp3) is 0.769. The Bertz CT molecular complexity index is 597. The fourth-order valence-electron chi connectivity index (χ4n) is 1.63. The second-order valence-corrected chi connectivity index (χ2v) is 5.53. The average Bonchev–Trinajstić information content (AvgIpc) is 2.55. The van der Waals surface area contributed by atoms with E-state index in [9.17, 15) is 61.9 Å². The molecule has 0 bridgehead atoms. The van der Waals surface area contributed by atoms with Crippen LogP contribution in [0.4, 0.5) is 57.1 Å². The van der Waals surface area contributed by atoms with Crippen LogP contribution in [0.25, 0.3) is 0 Å². The maximum absolute atomic E-state index is 13.4. The van der Waals surface area contributed by atoms with Crippen LogP contribution >= 0.6 is 0 Å². The molecule has 1 unspecified atom stereocenters. The lowest BCUT2D eigenvalue weighted by Crippen LogP contribution is -2.70. The summed E-state index contributed by atoms with van der Waals surface area (Å²) in [5.74, 6) is -38.6. The number of aliphatic hydroxyl groups is 1. The first kappa shape index (κ1) is 27.3. The summed E-state index contributed by atoms with van der Waals surface area (Å²) in [7, 11) is 0. The van der Waals surface area contributed by atoms with Gasteiger partial charge in [-0.15, -0.1) is 0 Å².